The predicted octanol–water partition coefficient (Wildman–Crippen LogP) is 3.92. The summed E-state index contributed by atoms with van der Waals surface area (Å²) < 4.78 is 0. The third kappa shape index (κ3) is 2.31. The van der Waals surface area contributed by atoms with Gasteiger partial charge in [-0.25, -0.2) is 0 Å². The van der Waals surface area contributed by atoms with E-state index in [1.165, 1.54) is 0 Å². The van der Waals surface area contributed by atoms with E-state index in [9.17, 15) is 5.11 Å². The van der Waals surface area contributed by atoms with Crippen molar-refractivity contribution in [2.45, 2.75) is 0 Å². The Morgan fingerprint density at radius 3 is 2.16 bits per heavy atom. The van der Waals surface area contributed by atoms with Gasteiger partial charge in [-0.3, -0.25) is 9.78 Å². The lowest BCUT2D eigenvalue weighted by Gasteiger charge is -2.09. The molecule has 0 aliphatic rings. The molecule has 0 fully saturated rings. The first-order valence-electron chi connectivity index (χ1n) is 5.95. The second kappa shape index (κ2) is 4.90. The molecule has 0 heterocycles. The van der Waals surface area contributed by atoms with Crippen LogP contribution >= 0.6 is 0 Å². The molecule has 3 aromatic carbocycles. The van der Waals surface area contributed by atoms with E-state index >= 15 is 0 Å². The van der Waals surface area contributed by atoms with Crippen molar-refractivity contribution in [2.24, 2.45) is 0 Å². The normalized spacial score (nSPS) is 10.3. The Labute approximate surface area is 110 Å². The van der Waals surface area contributed by atoms with Crippen LogP contribution < -0.4 is 9.78 Å². The largest absolute Gasteiger partial charge is 0.504 e. The van der Waals surface area contributed by atoms with Crippen molar-refractivity contribution in [2.75, 3.05) is 0 Å². The van der Waals surface area contributed by atoms with Gasteiger partial charge in [-0.2, -0.15) is 0 Å². The Morgan fingerprint density at radius 2 is 1.26 bits per heavy atom. The van der Waals surface area contributed by atoms with Crippen LogP contribution in [0.15, 0.2) is 66.7 Å². The van der Waals surface area contributed by atoms with Crippen LogP contribution in [0, 0.1) is 0 Å². The highest BCUT2D eigenvalue weighted by atomic mass is 17.2. The number of para-hydroxylation sites is 2. The molecule has 1 N–H and O–H groups in total. The molecule has 0 amide bonds. The summed E-state index contributed by atoms with van der Waals surface area (Å²) in [4.78, 5) is 10.5. The maximum atomic E-state index is 9.60. The number of phenolic OH excluding ortho intramolecular Hbond substituents is 1. The molecule has 3 nitrogen and oxygen atoms in total. The summed E-state index contributed by atoms with van der Waals surface area (Å²) in [5, 5.41) is 11.6. The fourth-order valence-corrected chi connectivity index (χ4v) is 1.89. The van der Waals surface area contributed by atoms with Crippen molar-refractivity contribution in [3.05, 3.63) is 66.7 Å². The van der Waals surface area contributed by atoms with Crippen LogP contribution in [0.4, 0.5) is 0 Å². The van der Waals surface area contributed by atoms with Gasteiger partial charge < -0.3 is 5.11 Å². The monoisotopic (exact) mass is 252 g/mol. The second-order valence-electron chi connectivity index (χ2n) is 4.11. The quantitative estimate of drug-likeness (QED) is 0.567. The molecule has 3 heteroatoms. The van der Waals surface area contributed by atoms with Crippen LogP contribution in [0.2, 0.25) is 0 Å². The van der Waals surface area contributed by atoms with Crippen molar-refractivity contribution in [1.82, 2.24) is 0 Å². The van der Waals surface area contributed by atoms with Crippen LogP contribution in [-0.4, -0.2) is 5.11 Å². The van der Waals surface area contributed by atoms with Crippen LogP contribution in [0.5, 0.6) is 17.2 Å². The molecule has 0 aromatic heterocycles. The molecule has 0 saturated carbocycles. The molecular formula is C16H12O3. The smallest absolute Gasteiger partial charge is 0.220 e. The lowest BCUT2D eigenvalue weighted by Crippen LogP contribution is -2.00. The summed E-state index contributed by atoms with van der Waals surface area (Å²) in [5.41, 5.74) is 0. The van der Waals surface area contributed by atoms with Gasteiger partial charge in [-0.15, -0.1) is 0 Å². The van der Waals surface area contributed by atoms with E-state index in [0.29, 0.717) is 5.75 Å². The van der Waals surface area contributed by atoms with Gasteiger partial charge in [-0.1, -0.05) is 48.5 Å². The Morgan fingerprint density at radius 1 is 0.632 bits per heavy atom. The fraction of sp³-hybridized carbons (Fsp3) is 0. The lowest BCUT2D eigenvalue weighted by molar-refractivity contribution is -0.100. The second-order valence-corrected chi connectivity index (χ2v) is 4.11. The van der Waals surface area contributed by atoms with Crippen molar-refractivity contribution in [3.63, 3.8) is 0 Å². The minimum atomic E-state index is 0.0442. The van der Waals surface area contributed by atoms with Crippen LogP contribution in [0.25, 0.3) is 10.8 Å². The molecule has 0 spiro atoms. The van der Waals surface area contributed by atoms with E-state index in [1.807, 2.05) is 42.5 Å². The topological polar surface area (TPSA) is 38.7 Å². The van der Waals surface area contributed by atoms with E-state index in [0.717, 1.165) is 10.8 Å². The van der Waals surface area contributed by atoms with Gasteiger partial charge >= 0.3 is 0 Å². The zero-order valence-electron chi connectivity index (χ0n) is 10.1. The third-order valence-electron chi connectivity index (χ3n) is 2.84. The SMILES string of the molecule is Oc1ccccc1OOc1cccc2ccccc12. The Bertz CT molecular complexity index is 702. The molecule has 0 aliphatic carbocycles. The van der Waals surface area contributed by atoms with Gasteiger partial charge in [0.2, 0.25) is 5.75 Å². The first kappa shape index (κ1) is 11.4. The summed E-state index contributed by atoms with van der Waals surface area (Å²) in [6, 6.07) is 20.3. The van der Waals surface area contributed by atoms with Crippen LogP contribution in [0.3, 0.4) is 0 Å². The summed E-state index contributed by atoms with van der Waals surface area (Å²) in [6.07, 6.45) is 0. The molecule has 94 valence electrons. The maximum Gasteiger partial charge on any atom is 0.220 e. The van der Waals surface area contributed by atoms with Gasteiger partial charge in [0, 0.05) is 5.39 Å². The van der Waals surface area contributed by atoms with Crippen molar-refractivity contribution in [1.29, 1.82) is 0 Å². The number of hydrogen-bond donors (Lipinski definition) is 1. The van der Waals surface area contributed by atoms with Gasteiger partial charge in [0.05, 0.1) is 0 Å². The van der Waals surface area contributed by atoms with E-state index in [4.69, 9.17) is 9.78 Å². The van der Waals surface area contributed by atoms with E-state index in [2.05, 4.69) is 0 Å². The molecule has 0 unspecified atom stereocenters. The van der Waals surface area contributed by atoms with Crippen molar-refractivity contribution < 1.29 is 14.9 Å². The molecule has 0 radical (unpaired) electrons. The summed E-state index contributed by atoms with van der Waals surface area (Å²) >= 11 is 0. The molecule has 0 bridgehead atoms. The highest BCUT2D eigenvalue weighted by molar-refractivity contribution is 5.88. The number of aromatic hydroxyl groups is 1. The molecular weight excluding hydrogens is 240 g/mol. The first-order chi connectivity index (χ1) is 9.34. The van der Waals surface area contributed by atoms with Crippen molar-refractivity contribution >= 4 is 10.8 Å². The first-order valence-corrected chi connectivity index (χ1v) is 5.95. The van der Waals surface area contributed by atoms with Gasteiger partial charge in [0.25, 0.3) is 0 Å². The van der Waals surface area contributed by atoms with Gasteiger partial charge in [-0.05, 0) is 23.6 Å². The average molecular weight is 252 g/mol. The zero-order chi connectivity index (χ0) is 13.1. The van der Waals surface area contributed by atoms with Crippen LogP contribution in [-0.2, 0) is 0 Å². The van der Waals surface area contributed by atoms with Gasteiger partial charge in [0.15, 0.2) is 11.5 Å². The molecule has 0 aliphatic heterocycles. The van der Waals surface area contributed by atoms with Crippen LogP contribution in [0.1, 0.15) is 0 Å². The fourth-order valence-electron chi connectivity index (χ4n) is 1.89. The molecule has 0 saturated heterocycles. The molecule has 19 heavy (non-hydrogen) atoms. The maximum absolute atomic E-state index is 9.60. The minimum Gasteiger partial charge on any atom is -0.504 e. The molecule has 0 atom stereocenters. The summed E-state index contributed by atoms with van der Waals surface area (Å²) in [5.74, 6) is 0.944. The van der Waals surface area contributed by atoms with Crippen molar-refractivity contribution in [3.8, 4) is 17.2 Å². The highest BCUT2D eigenvalue weighted by Crippen LogP contribution is 2.28. The lowest BCUT2D eigenvalue weighted by atomic mass is 10.1. The van der Waals surface area contributed by atoms with E-state index in [1.54, 1.807) is 24.3 Å². The summed E-state index contributed by atoms with van der Waals surface area (Å²) in [7, 11) is 0. The average Bonchev–Trinajstić information content (AvgIpc) is 2.46. The predicted molar refractivity (Wildman–Crippen MR) is 73.3 cm³/mol. The number of rotatable bonds is 3. The minimum absolute atomic E-state index is 0.0442. The van der Waals surface area contributed by atoms with Gasteiger partial charge in [0.1, 0.15) is 0 Å². The van der Waals surface area contributed by atoms with E-state index in [-0.39, 0.29) is 11.5 Å². The number of phenols is 1. The zero-order valence-corrected chi connectivity index (χ0v) is 10.1. The van der Waals surface area contributed by atoms with E-state index < -0.39 is 0 Å². The summed E-state index contributed by atoms with van der Waals surface area (Å²) in [6.45, 7) is 0. The highest BCUT2D eigenvalue weighted by Gasteiger charge is 2.05. The Balaban J connectivity index is 1.88. The third-order valence-corrected chi connectivity index (χ3v) is 2.84. The molecule has 3 rings (SSSR count). The standard InChI is InChI=1S/C16H12O3/c17-14-9-3-4-10-16(14)19-18-15-11-5-7-12-6-1-2-8-13(12)15/h1-11,17H. The molecule has 3 aromatic rings. The Kier molecular flexibility index (Phi) is 2.94. The number of hydrogen-bond acceptors (Lipinski definition) is 3. The Hall–Kier alpha value is -2.68. The number of benzene rings is 3. The number of fused-ring (bicyclic) bond motifs is 1.